The van der Waals surface area contributed by atoms with E-state index in [1.54, 1.807) is 6.07 Å². The first kappa shape index (κ1) is 13.2. The highest BCUT2D eigenvalue weighted by atomic mass is 16.1. The molecule has 17 heavy (non-hydrogen) atoms. The van der Waals surface area contributed by atoms with Crippen molar-refractivity contribution in [3.8, 4) is 6.07 Å². The van der Waals surface area contributed by atoms with Gasteiger partial charge in [-0.05, 0) is 24.7 Å². The first-order valence-electron chi connectivity index (χ1n) is 5.25. The maximum absolute atomic E-state index is 10.8. The van der Waals surface area contributed by atoms with Gasteiger partial charge in [-0.25, -0.2) is 0 Å². The monoisotopic (exact) mass is 232 g/mol. The van der Waals surface area contributed by atoms with E-state index in [9.17, 15) is 4.79 Å². The molecule has 0 aromatic heterocycles. The number of carbonyl (C=O) groups is 1. The molecule has 1 amide bonds. The summed E-state index contributed by atoms with van der Waals surface area (Å²) in [5.74, 6) is -0.511. The van der Waals surface area contributed by atoms with Crippen LogP contribution in [0, 0.1) is 11.3 Å². The third kappa shape index (κ3) is 4.23. The van der Waals surface area contributed by atoms with Gasteiger partial charge in [-0.1, -0.05) is 12.1 Å². The number of carbonyl (C=O) groups excluding carboxylic acids is 1. The standard InChI is InChI=1S/C12H16N4O/c1-16(8-11(14)12(15)17)7-10-4-2-3-9(5-10)6-13/h2-5,11H,7-8,14H2,1H3,(H2,15,17). The Morgan fingerprint density at radius 1 is 1.59 bits per heavy atom. The number of amides is 1. The van der Waals surface area contributed by atoms with Crippen molar-refractivity contribution in [3.63, 3.8) is 0 Å². The lowest BCUT2D eigenvalue weighted by Gasteiger charge is -2.19. The molecular weight excluding hydrogens is 216 g/mol. The first-order chi connectivity index (χ1) is 8.02. The molecule has 4 N–H and O–H groups in total. The lowest BCUT2D eigenvalue weighted by atomic mass is 10.1. The maximum Gasteiger partial charge on any atom is 0.235 e. The number of nitrogens with zero attached hydrogens (tertiary/aromatic N) is 2. The number of likely N-dealkylation sites (N-methyl/N-ethyl adjacent to an activating group) is 1. The highest BCUT2D eigenvalue weighted by Gasteiger charge is 2.12. The van der Waals surface area contributed by atoms with E-state index in [4.69, 9.17) is 16.7 Å². The molecule has 0 aliphatic heterocycles. The number of benzene rings is 1. The molecule has 1 unspecified atom stereocenters. The van der Waals surface area contributed by atoms with Crippen molar-refractivity contribution in [2.75, 3.05) is 13.6 Å². The largest absolute Gasteiger partial charge is 0.368 e. The molecule has 1 aromatic carbocycles. The number of hydrogen-bond donors (Lipinski definition) is 2. The van der Waals surface area contributed by atoms with E-state index < -0.39 is 11.9 Å². The van der Waals surface area contributed by atoms with E-state index in [2.05, 4.69) is 6.07 Å². The van der Waals surface area contributed by atoms with Crippen LogP contribution in [0.5, 0.6) is 0 Å². The molecule has 0 aliphatic rings. The molecule has 0 fully saturated rings. The molecule has 0 saturated carbocycles. The fraction of sp³-hybridized carbons (Fsp3) is 0.333. The molecule has 0 saturated heterocycles. The van der Waals surface area contributed by atoms with Crippen LogP contribution in [0.4, 0.5) is 0 Å². The van der Waals surface area contributed by atoms with Crippen LogP contribution in [0.25, 0.3) is 0 Å². The smallest absolute Gasteiger partial charge is 0.235 e. The summed E-state index contributed by atoms with van der Waals surface area (Å²) in [6.45, 7) is 1.02. The van der Waals surface area contributed by atoms with Crippen molar-refractivity contribution in [2.24, 2.45) is 11.5 Å². The number of hydrogen-bond acceptors (Lipinski definition) is 4. The van der Waals surface area contributed by atoms with Gasteiger partial charge < -0.3 is 16.4 Å². The van der Waals surface area contributed by atoms with Gasteiger partial charge in [0, 0.05) is 13.1 Å². The number of nitriles is 1. The molecule has 0 heterocycles. The third-order valence-corrected chi connectivity index (χ3v) is 2.38. The number of rotatable bonds is 5. The highest BCUT2D eigenvalue weighted by molar-refractivity contribution is 5.79. The van der Waals surface area contributed by atoms with Gasteiger partial charge in [0.25, 0.3) is 0 Å². The van der Waals surface area contributed by atoms with Crippen LogP contribution in [0.2, 0.25) is 0 Å². The zero-order chi connectivity index (χ0) is 12.8. The summed E-state index contributed by atoms with van der Waals surface area (Å²) in [5, 5.41) is 8.77. The van der Waals surface area contributed by atoms with E-state index in [0.717, 1.165) is 5.56 Å². The van der Waals surface area contributed by atoms with Crippen molar-refractivity contribution < 1.29 is 4.79 Å². The maximum atomic E-state index is 10.8. The fourth-order valence-corrected chi connectivity index (χ4v) is 1.54. The Kier molecular flexibility index (Phi) is 4.64. The molecular formula is C12H16N4O. The van der Waals surface area contributed by atoms with Gasteiger partial charge in [0.15, 0.2) is 0 Å². The molecule has 0 radical (unpaired) electrons. The van der Waals surface area contributed by atoms with E-state index in [1.165, 1.54) is 0 Å². The topological polar surface area (TPSA) is 96.1 Å². The van der Waals surface area contributed by atoms with Crippen molar-refractivity contribution in [3.05, 3.63) is 35.4 Å². The Bertz CT molecular complexity index is 438. The minimum atomic E-state index is -0.667. The lowest BCUT2D eigenvalue weighted by Crippen LogP contribution is -2.44. The van der Waals surface area contributed by atoms with Crippen LogP contribution in [-0.4, -0.2) is 30.4 Å². The quantitative estimate of drug-likeness (QED) is 0.735. The summed E-state index contributed by atoms with van der Waals surface area (Å²) in [5.41, 5.74) is 12.3. The second-order valence-electron chi connectivity index (χ2n) is 4.02. The van der Waals surface area contributed by atoms with Gasteiger partial charge in [-0.15, -0.1) is 0 Å². The highest BCUT2D eigenvalue weighted by Crippen LogP contribution is 2.06. The Balaban J connectivity index is 2.59. The normalized spacial score (nSPS) is 12.1. The zero-order valence-electron chi connectivity index (χ0n) is 9.76. The second-order valence-corrected chi connectivity index (χ2v) is 4.02. The summed E-state index contributed by atoms with van der Waals surface area (Å²) in [6.07, 6.45) is 0. The van der Waals surface area contributed by atoms with Crippen molar-refractivity contribution in [2.45, 2.75) is 12.6 Å². The van der Waals surface area contributed by atoms with Crippen LogP contribution in [0.1, 0.15) is 11.1 Å². The van der Waals surface area contributed by atoms with Crippen LogP contribution in [0.15, 0.2) is 24.3 Å². The SMILES string of the molecule is CN(Cc1cccc(C#N)c1)CC(N)C(N)=O. The minimum absolute atomic E-state index is 0.395. The molecule has 1 atom stereocenters. The van der Waals surface area contributed by atoms with E-state index in [0.29, 0.717) is 18.7 Å². The molecule has 0 spiro atoms. The average molecular weight is 232 g/mol. The molecule has 90 valence electrons. The zero-order valence-corrected chi connectivity index (χ0v) is 9.76. The molecule has 5 heteroatoms. The van der Waals surface area contributed by atoms with Gasteiger partial charge in [-0.3, -0.25) is 4.79 Å². The molecule has 1 rings (SSSR count). The van der Waals surface area contributed by atoms with Crippen LogP contribution < -0.4 is 11.5 Å². The first-order valence-corrected chi connectivity index (χ1v) is 5.25. The van der Waals surface area contributed by atoms with Gasteiger partial charge in [0.2, 0.25) is 5.91 Å². The van der Waals surface area contributed by atoms with E-state index in [1.807, 2.05) is 30.1 Å². The van der Waals surface area contributed by atoms with Gasteiger partial charge in [0.05, 0.1) is 17.7 Å². The van der Waals surface area contributed by atoms with Gasteiger partial charge >= 0.3 is 0 Å². The predicted molar refractivity (Wildman–Crippen MR) is 64.7 cm³/mol. The Morgan fingerprint density at radius 3 is 2.88 bits per heavy atom. The molecule has 0 aliphatic carbocycles. The summed E-state index contributed by atoms with van der Waals surface area (Å²) >= 11 is 0. The molecule has 0 bridgehead atoms. The van der Waals surface area contributed by atoms with Crippen molar-refractivity contribution in [1.82, 2.24) is 4.90 Å². The second kappa shape index (κ2) is 5.99. The Hall–Kier alpha value is -1.90. The lowest BCUT2D eigenvalue weighted by molar-refractivity contribution is -0.119. The summed E-state index contributed by atoms with van der Waals surface area (Å²) in [6, 6.07) is 8.73. The summed E-state index contributed by atoms with van der Waals surface area (Å²) < 4.78 is 0. The minimum Gasteiger partial charge on any atom is -0.368 e. The number of primary amides is 1. The summed E-state index contributed by atoms with van der Waals surface area (Å²) in [7, 11) is 1.85. The molecule has 1 aromatic rings. The van der Waals surface area contributed by atoms with Crippen molar-refractivity contribution >= 4 is 5.91 Å². The van der Waals surface area contributed by atoms with Crippen LogP contribution in [-0.2, 0) is 11.3 Å². The number of nitrogens with two attached hydrogens (primary N) is 2. The van der Waals surface area contributed by atoms with Crippen molar-refractivity contribution in [1.29, 1.82) is 5.26 Å². The van der Waals surface area contributed by atoms with Gasteiger partial charge in [-0.2, -0.15) is 5.26 Å². The Morgan fingerprint density at radius 2 is 2.29 bits per heavy atom. The predicted octanol–water partition coefficient (Wildman–Crippen LogP) is -0.197. The third-order valence-electron chi connectivity index (χ3n) is 2.38. The summed E-state index contributed by atoms with van der Waals surface area (Å²) in [4.78, 5) is 12.7. The van der Waals surface area contributed by atoms with Crippen LogP contribution in [0.3, 0.4) is 0 Å². The Labute approximate surface area is 101 Å². The van der Waals surface area contributed by atoms with Crippen LogP contribution >= 0.6 is 0 Å². The van der Waals surface area contributed by atoms with Gasteiger partial charge in [0.1, 0.15) is 0 Å². The average Bonchev–Trinajstić information content (AvgIpc) is 2.28. The molecule has 5 nitrogen and oxygen atoms in total. The van der Waals surface area contributed by atoms with E-state index >= 15 is 0 Å². The fourth-order valence-electron chi connectivity index (χ4n) is 1.54. The van der Waals surface area contributed by atoms with E-state index in [-0.39, 0.29) is 0 Å².